The number of hydrogen-bond donors (Lipinski definition) is 3. The molecule has 0 fully saturated rings. The SMILES string of the molecule is CCOc1cc(CN[C@@H](Cc2c[nH]c3ccccc23)C(=O)O)cc(Br)c1OCc1ccccc1C. The lowest BCUT2D eigenvalue weighted by Gasteiger charge is -2.18. The van der Waals surface area contributed by atoms with Crippen LogP contribution in [0.15, 0.2) is 71.3 Å². The van der Waals surface area contributed by atoms with E-state index in [9.17, 15) is 9.90 Å². The van der Waals surface area contributed by atoms with Crippen LogP contribution in [0.1, 0.15) is 29.2 Å². The summed E-state index contributed by atoms with van der Waals surface area (Å²) in [5.74, 6) is 0.362. The normalized spacial score (nSPS) is 12.0. The van der Waals surface area contributed by atoms with E-state index in [1.54, 1.807) is 0 Å². The highest BCUT2D eigenvalue weighted by Crippen LogP contribution is 2.37. The van der Waals surface area contributed by atoms with Crippen LogP contribution < -0.4 is 14.8 Å². The number of rotatable bonds is 11. The van der Waals surface area contributed by atoms with Crippen molar-refractivity contribution in [3.05, 3.63) is 93.6 Å². The Labute approximate surface area is 213 Å². The lowest BCUT2D eigenvalue weighted by molar-refractivity contribution is -0.139. The Hall–Kier alpha value is -3.29. The Morgan fingerprint density at radius 2 is 1.86 bits per heavy atom. The van der Waals surface area contributed by atoms with Gasteiger partial charge in [0.1, 0.15) is 12.6 Å². The van der Waals surface area contributed by atoms with Crippen molar-refractivity contribution in [2.24, 2.45) is 0 Å². The summed E-state index contributed by atoms with van der Waals surface area (Å²) >= 11 is 3.62. The van der Waals surface area contributed by atoms with E-state index in [0.717, 1.165) is 37.6 Å². The average Bonchev–Trinajstić information content (AvgIpc) is 3.25. The third-order valence-corrected chi connectivity index (χ3v) is 6.54. The van der Waals surface area contributed by atoms with Crippen LogP contribution in [0.25, 0.3) is 10.9 Å². The number of fused-ring (bicyclic) bond motifs is 1. The molecule has 0 unspecified atom stereocenters. The lowest BCUT2D eigenvalue weighted by atomic mass is 10.0. The van der Waals surface area contributed by atoms with E-state index in [-0.39, 0.29) is 0 Å². The molecule has 4 aromatic rings. The summed E-state index contributed by atoms with van der Waals surface area (Å²) in [6, 6.07) is 19.1. The fraction of sp³-hybridized carbons (Fsp3) is 0.250. The number of carbonyl (C=O) groups is 1. The van der Waals surface area contributed by atoms with Crippen LogP contribution in [-0.2, 0) is 24.4 Å². The Bertz CT molecular complexity index is 1320. The van der Waals surface area contributed by atoms with Crippen molar-refractivity contribution in [3.63, 3.8) is 0 Å². The summed E-state index contributed by atoms with van der Waals surface area (Å²) < 4.78 is 12.8. The molecule has 3 N–H and O–H groups in total. The second-order valence-electron chi connectivity index (χ2n) is 8.39. The first-order valence-corrected chi connectivity index (χ1v) is 12.4. The number of nitrogens with one attached hydrogen (secondary N) is 2. The molecule has 4 rings (SSSR count). The maximum atomic E-state index is 12.0. The van der Waals surface area contributed by atoms with Crippen LogP contribution >= 0.6 is 15.9 Å². The maximum absolute atomic E-state index is 12.0. The van der Waals surface area contributed by atoms with Gasteiger partial charge < -0.3 is 24.9 Å². The highest BCUT2D eigenvalue weighted by atomic mass is 79.9. The number of aryl methyl sites for hydroxylation is 1. The van der Waals surface area contributed by atoms with Crippen molar-refractivity contribution >= 4 is 32.8 Å². The van der Waals surface area contributed by atoms with E-state index in [1.165, 1.54) is 0 Å². The van der Waals surface area contributed by atoms with Gasteiger partial charge in [-0.15, -0.1) is 0 Å². The monoisotopic (exact) mass is 536 g/mol. The number of benzene rings is 3. The van der Waals surface area contributed by atoms with E-state index in [2.05, 4.69) is 39.2 Å². The van der Waals surface area contributed by atoms with Crippen molar-refractivity contribution in [1.82, 2.24) is 10.3 Å². The molecule has 1 heterocycles. The third kappa shape index (κ3) is 6.05. The molecule has 182 valence electrons. The number of aromatic amines is 1. The van der Waals surface area contributed by atoms with Gasteiger partial charge in [0.25, 0.3) is 0 Å². The van der Waals surface area contributed by atoms with E-state index in [1.807, 2.05) is 67.7 Å². The van der Waals surface area contributed by atoms with E-state index in [4.69, 9.17) is 9.47 Å². The highest BCUT2D eigenvalue weighted by Gasteiger charge is 2.20. The summed E-state index contributed by atoms with van der Waals surface area (Å²) in [4.78, 5) is 15.2. The predicted octanol–water partition coefficient (Wildman–Crippen LogP) is 6.00. The van der Waals surface area contributed by atoms with E-state index in [0.29, 0.717) is 37.7 Å². The molecule has 0 saturated heterocycles. The minimum atomic E-state index is -0.891. The third-order valence-electron chi connectivity index (χ3n) is 5.95. The number of hydrogen-bond acceptors (Lipinski definition) is 4. The standard InChI is InChI=1S/C28H29BrN2O4/c1-3-34-26-13-19(12-23(29)27(26)35-17-20-9-5-4-8-18(20)2)15-30-25(28(32)33)14-21-16-31-24-11-7-6-10-22(21)24/h4-13,16,25,30-31H,3,14-15,17H2,1-2H3,(H,32,33)/t25-/m0/s1. The number of halogens is 1. The van der Waals surface area contributed by atoms with Crippen molar-refractivity contribution in [2.75, 3.05) is 6.61 Å². The largest absolute Gasteiger partial charge is 0.490 e. The molecule has 0 spiro atoms. The van der Waals surface area contributed by atoms with Crippen LogP contribution in [0.3, 0.4) is 0 Å². The first kappa shape index (κ1) is 24.8. The van der Waals surface area contributed by atoms with Crippen molar-refractivity contribution < 1.29 is 19.4 Å². The minimum absolute atomic E-state index is 0.371. The van der Waals surface area contributed by atoms with Gasteiger partial charge in [-0.3, -0.25) is 4.79 Å². The Kier molecular flexibility index (Phi) is 8.10. The zero-order valence-corrected chi connectivity index (χ0v) is 21.4. The van der Waals surface area contributed by atoms with Gasteiger partial charge >= 0.3 is 5.97 Å². The predicted molar refractivity (Wildman–Crippen MR) is 141 cm³/mol. The number of carboxylic acids is 1. The van der Waals surface area contributed by atoms with Gasteiger partial charge in [0, 0.05) is 30.1 Å². The van der Waals surface area contributed by atoms with Crippen molar-refractivity contribution in [2.45, 2.75) is 39.5 Å². The summed E-state index contributed by atoms with van der Waals surface area (Å²) in [7, 11) is 0. The Balaban J connectivity index is 1.48. The number of aromatic nitrogens is 1. The van der Waals surface area contributed by atoms with Gasteiger partial charge in [0.15, 0.2) is 11.5 Å². The molecule has 35 heavy (non-hydrogen) atoms. The van der Waals surface area contributed by atoms with Gasteiger partial charge in [0.05, 0.1) is 11.1 Å². The number of para-hydroxylation sites is 1. The zero-order valence-electron chi connectivity index (χ0n) is 19.8. The molecule has 0 aliphatic rings. The molecule has 1 atom stereocenters. The maximum Gasteiger partial charge on any atom is 0.321 e. The zero-order chi connectivity index (χ0) is 24.8. The first-order valence-electron chi connectivity index (χ1n) is 11.6. The molecule has 0 radical (unpaired) electrons. The number of H-pyrrole nitrogens is 1. The summed E-state index contributed by atoms with van der Waals surface area (Å²) in [5.41, 5.74) is 5.13. The molecular formula is C28H29BrN2O4. The van der Waals surface area contributed by atoms with Crippen LogP contribution in [0, 0.1) is 6.92 Å². The molecular weight excluding hydrogens is 508 g/mol. The van der Waals surface area contributed by atoms with Crippen LogP contribution in [0.2, 0.25) is 0 Å². The Morgan fingerprint density at radius 3 is 2.63 bits per heavy atom. The van der Waals surface area contributed by atoms with Crippen molar-refractivity contribution in [3.8, 4) is 11.5 Å². The fourth-order valence-electron chi connectivity index (χ4n) is 4.06. The molecule has 7 heteroatoms. The van der Waals surface area contributed by atoms with Gasteiger partial charge in [0.2, 0.25) is 0 Å². The van der Waals surface area contributed by atoms with Gasteiger partial charge in [-0.1, -0.05) is 42.5 Å². The minimum Gasteiger partial charge on any atom is -0.490 e. The lowest BCUT2D eigenvalue weighted by Crippen LogP contribution is -2.38. The number of ether oxygens (including phenoxy) is 2. The van der Waals surface area contributed by atoms with Crippen LogP contribution in [-0.4, -0.2) is 28.7 Å². The molecule has 0 bridgehead atoms. The quantitative estimate of drug-likeness (QED) is 0.219. The topological polar surface area (TPSA) is 83.6 Å². The molecule has 1 aromatic heterocycles. The highest BCUT2D eigenvalue weighted by molar-refractivity contribution is 9.10. The average molecular weight is 537 g/mol. The van der Waals surface area contributed by atoms with Crippen LogP contribution in [0.5, 0.6) is 11.5 Å². The number of aliphatic carboxylic acids is 1. The molecule has 0 saturated carbocycles. The summed E-state index contributed by atoms with van der Waals surface area (Å²) in [6.45, 7) is 5.26. The molecule has 6 nitrogen and oxygen atoms in total. The molecule has 0 aliphatic heterocycles. The molecule has 0 amide bonds. The summed E-state index contributed by atoms with van der Waals surface area (Å²) in [5, 5.41) is 14.1. The van der Waals surface area contributed by atoms with E-state index < -0.39 is 12.0 Å². The molecule has 0 aliphatic carbocycles. The first-order chi connectivity index (χ1) is 17.0. The van der Waals surface area contributed by atoms with Crippen molar-refractivity contribution in [1.29, 1.82) is 0 Å². The van der Waals surface area contributed by atoms with E-state index >= 15 is 0 Å². The van der Waals surface area contributed by atoms with Gasteiger partial charge in [-0.05, 0) is 70.2 Å². The van der Waals surface area contributed by atoms with Gasteiger partial charge in [-0.25, -0.2) is 0 Å². The van der Waals surface area contributed by atoms with Gasteiger partial charge in [-0.2, -0.15) is 0 Å². The molecule has 3 aromatic carbocycles. The smallest absolute Gasteiger partial charge is 0.321 e. The fourth-order valence-corrected chi connectivity index (χ4v) is 4.66. The second kappa shape index (κ2) is 11.4. The van der Waals surface area contributed by atoms with Crippen LogP contribution in [0.4, 0.5) is 0 Å². The second-order valence-corrected chi connectivity index (χ2v) is 9.24. The Morgan fingerprint density at radius 1 is 1.09 bits per heavy atom. The number of carboxylic acid groups (broad SMARTS) is 1. The summed E-state index contributed by atoms with van der Waals surface area (Å²) in [6.07, 6.45) is 2.25.